The zero-order valence-electron chi connectivity index (χ0n) is 18.4. The lowest BCUT2D eigenvalue weighted by molar-refractivity contribution is -0.152. The lowest BCUT2D eigenvalue weighted by Gasteiger charge is -2.15. The van der Waals surface area contributed by atoms with E-state index in [2.05, 4.69) is 0 Å². The van der Waals surface area contributed by atoms with Crippen molar-refractivity contribution in [1.82, 2.24) is 0 Å². The smallest absolute Gasteiger partial charge is 0.450 e. The lowest BCUT2D eigenvalue weighted by Crippen LogP contribution is -2.20. The van der Waals surface area contributed by atoms with E-state index in [4.69, 9.17) is 13.9 Å². The van der Waals surface area contributed by atoms with Gasteiger partial charge >= 0.3 is 12.1 Å². The molecule has 4 rings (SSSR count). The van der Waals surface area contributed by atoms with Gasteiger partial charge in [0, 0.05) is 6.07 Å². The summed E-state index contributed by atoms with van der Waals surface area (Å²) >= 11 is 0. The number of alkyl halides is 3. The maximum absolute atomic E-state index is 14.0. The minimum Gasteiger partial charge on any atom is -0.482 e. The van der Waals surface area contributed by atoms with E-state index in [-0.39, 0.29) is 28.4 Å². The molecule has 8 heteroatoms. The fourth-order valence-electron chi connectivity index (χ4n) is 3.63. The van der Waals surface area contributed by atoms with E-state index < -0.39 is 35.5 Å². The first-order valence-corrected chi connectivity index (χ1v) is 10.7. The monoisotopic (exact) mass is 470 g/mol. The van der Waals surface area contributed by atoms with Gasteiger partial charge in [-0.2, -0.15) is 13.2 Å². The molecule has 5 nitrogen and oxygen atoms in total. The van der Waals surface area contributed by atoms with Crippen molar-refractivity contribution < 1.29 is 31.9 Å². The standard InChI is InChI=1S/C26H21F3O5/c1-3-15(2)33-22(30)14-32-17-11-12-20-21(13-17)34-25(26(27,28)29)23(24(20)31)19-10-6-8-16-7-4-5-9-18(16)19/h4-13,15H,3,14H2,1-2H3. The Morgan fingerprint density at radius 3 is 2.50 bits per heavy atom. The van der Waals surface area contributed by atoms with E-state index in [0.717, 1.165) is 6.07 Å². The number of rotatable bonds is 6. The molecule has 0 amide bonds. The van der Waals surface area contributed by atoms with E-state index >= 15 is 0 Å². The zero-order valence-corrected chi connectivity index (χ0v) is 18.4. The average molecular weight is 470 g/mol. The average Bonchev–Trinajstić information content (AvgIpc) is 2.81. The highest BCUT2D eigenvalue weighted by Crippen LogP contribution is 2.39. The number of carbonyl (C=O) groups is 1. The Morgan fingerprint density at radius 1 is 1.03 bits per heavy atom. The van der Waals surface area contributed by atoms with Crippen LogP contribution in [0.15, 0.2) is 69.9 Å². The van der Waals surface area contributed by atoms with E-state index in [1.165, 1.54) is 18.2 Å². The van der Waals surface area contributed by atoms with E-state index in [0.29, 0.717) is 17.2 Å². The molecule has 3 aromatic carbocycles. The Kier molecular flexibility index (Phi) is 6.32. The summed E-state index contributed by atoms with van der Waals surface area (Å²) < 4.78 is 57.8. The van der Waals surface area contributed by atoms with Crippen LogP contribution in [0.25, 0.3) is 32.9 Å². The Balaban J connectivity index is 1.81. The predicted molar refractivity (Wildman–Crippen MR) is 122 cm³/mol. The van der Waals surface area contributed by atoms with Crippen molar-refractivity contribution in [2.24, 2.45) is 0 Å². The Morgan fingerprint density at radius 2 is 1.76 bits per heavy atom. The Bertz CT molecular complexity index is 1420. The van der Waals surface area contributed by atoms with Gasteiger partial charge in [-0.3, -0.25) is 4.79 Å². The molecule has 0 saturated heterocycles. The highest BCUT2D eigenvalue weighted by Gasteiger charge is 2.39. The van der Waals surface area contributed by atoms with Crippen LogP contribution in [0.5, 0.6) is 5.75 Å². The van der Waals surface area contributed by atoms with Crippen LogP contribution in [-0.4, -0.2) is 18.7 Å². The molecular formula is C26H21F3O5. The molecule has 4 aromatic rings. The summed E-state index contributed by atoms with van der Waals surface area (Å²) in [5.74, 6) is -1.93. The third-order valence-electron chi connectivity index (χ3n) is 5.44. The normalized spacial score (nSPS) is 12.6. The molecule has 0 bridgehead atoms. The number of ether oxygens (including phenoxy) is 2. The fraction of sp³-hybridized carbons (Fsp3) is 0.231. The van der Waals surface area contributed by atoms with E-state index in [1.807, 2.05) is 6.92 Å². The van der Waals surface area contributed by atoms with Crippen LogP contribution in [-0.2, 0) is 15.7 Å². The number of hydrogen-bond donors (Lipinski definition) is 0. The van der Waals surface area contributed by atoms with Gasteiger partial charge in [-0.15, -0.1) is 0 Å². The first kappa shape index (κ1) is 23.4. The fourth-order valence-corrected chi connectivity index (χ4v) is 3.63. The largest absolute Gasteiger partial charge is 0.482 e. The Hall–Kier alpha value is -3.81. The zero-order chi connectivity index (χ0) is 24.5. The van der Waals surface area contributed by atoms with Crippen LogP contribution in [0.2, 0.25) is 0 Å². The van der Waals surface area contributed by atoms with Crippen LogP contribution in [0.4, 0.5) is 13.2 Å². The molecule has 0 N–H and O–H groups in total. The molecule has 0 fully saturated rings. The second-order valence-electron chi connectivity index (χ2n) is 7.82. The summed E-state index contributed by atoms with van der Waals surface area (Å²) in [6.07, 6.45) is -4.57. The third kappa shape index (κ3) is 4.62. The molecule has 1 unspecified atom stereocenters. The van der Waals surface area contributed by atoms with Gasteiger partial charge in [0.05, 0.1) is 17.1 Å². The lowest BCUT2D eigenvalue weighted by atomic mass is 9.96. The number of halogens is 3. The van der Waals surface area contributed by atoms with Gasteiger partial charge in [-0.25, -0.2) is 4.79 Å². The number of hydrogen-bond acceptors (Lipinski definition) is 5. The van der Waals surface area contributed by atoms with Crippen LogP contribution < -0.4 is 10.2 Å². The number of esters is 1. The minimum absolute atomic E-state index is 0.0366. The van der Waals surface area contributed by atoms with Crippen molar-refractivity contribution >= 4 is 27.7 Å². The highest BCUT2D eigenvalue weighted by atomic mass is 19.4. The molecule has 176 valence electrons. The molecule has 0 aliphatic carbocycles. The summed E-state index contributed by atoms with van der Waals surface area (Å²) in [6, 6.07) is 15.6. The van der Waals surface area contributed by atoms with Gasteiger partial charge in [-0.05, 0) is 41.8 Å². The molecule has 0 spiro atoms. The number of carbonyl (C=O) groups excluding carboxylic acids is 1. The van der Waals surface area contributed by atoms with E-state index in [9.17, 15) is 22.8 Å². The summed E-state index contributed by atoms with van der Waals surface area (Å²) in [6.45, 7) is 3.16. The highest BCUT2D eigenvalue weighted by molar-refractivity contribution is 5.98. The molecule has 0 aliphatic rings. The topological polar surface area (TPSA) is 65.7 Å². The van der Waals surface area contributed by atoms with Crippen molar-refractivity contribution in [1.29, 1.82) is 0 Å². The first-order chi connectivity index (χ1) is 16.2. The van der Waals surface area contributed by atoms with Crippen LogP contribution >= 0.6 is 0 Å². The summed E-state index contributed by atoms with van der Waals surface area (Å²) in [5, 5.41) is 1.16. The van der Waals surface area contributed by atoms with Gasteiger partial charge in [0.2, 0.25) is 11.2 Å². The molecule has 1 aromatic heterocycles. The molecule has 34 heavy (non-hydrogen) atoms. The second-order valence-corrected chi connectivity index (χ2v) is 7.82. The molecule has 0 aliphatic heterocycles. The maximum Gasteiger partial charge on any atom is 0.450 e. The van der Waals surface area contributed by atoms with Gasteiger partial charge in [0.15, 0.2) is 6.61 Å². The van der Waals surface area contributed by atoms with Gasteiger partial charge in [-0.1, -0.05) is 49.4 Å². The molecule has 1 heterocycles. The van der Waals surface area contributed by atoms with Crippen LogP contribution in [0.1, 0.15) is 26.0 Å². The molecule has 0 radical (unpaired) electrons. The maximum atomic E-state index is 14.0. The number of fused-ring (bicyclic) bond motifs is 2. The predicted octanol–water partition coefficient (Wildman–Crippen LogP) is 6.35. The van der Waals surface area contributed by atoms with Crippen molar-refractivity contribution in [2.45, 2.75) is 32.5 Å². The summed E-state index contributed by atoms with van der Waals surface area (Å²) in [5.41, 5.74) is -1.53. The molecule has 1 atom stereocenters. The second kappa shape index (κ2) is 9.21. The summed E-state index contributed by atoms with van der Waals surface area (Å²) in [4.78, 5) is 25.1. The SMILES string of the molecule is CCC(C)OC(=O)COc1ccc2c(=O)c(-c3cccc4ccccc34)c(C(F)(F)F)oc2c1. The van der Waals surface area contributed by atoms with Crippen molar-refractivity contribution in [2.75, 3.05) is 6.61 Å². The van der Waals surface area contributed by atoms with E-state index in [1.54, 1.807) is 43.3 Å². The van der Waals surface area contributed by atoms with Crippen molar-refractivity contribution in [3.05, 3.63) is 76.6 Å². The molecular weight excluding hydrogens is 449 g/mol. The minimum atomic E-state index is -4.92. The Labute approximate surface area is 192 Å². The summed E-state index contributed by atoms with van der Waals surface area (Å²) in [7, 11) is 0. The van der Waals surface area contributed by atoms with Crippen molar-refractivity contribution in [3.63, 3.8) is 0 Å². The number of benzene rings is 3. The quantitative estimate of drug-likeness (QED) is 0.307. The van der Waals surface area contributed by atoms with Crippen LogP contribution in [0.3, 0.4) is 0 Å². The third-order valence-corrected chi connectivity index (χ3v) is 5.44. The van der Waals surface area contributed by atoms with Crippen molar-refractivity contribution in [3.8, 4) is 16.9 Å². The van der Waals surface area contributed by atoms with Gasteiger partial charge in [0.1, 0.15) is 11.3 Å². The first-order valence-electron chi connectivity index (χ1n) is 10.7. The molecule has 0 saturated carbocycles. The van der Waals surface area contributed by atoms with Crippen LogP contribution in [0, 0.1) is 0 Å². The van der Waals surface area contributed by atoms with Gasteiger partial charge < -0.3 is 13.9 Å². The van der Waals surface area contributed by atoms with Gasteiger partial charge in [0.25, 0.3) is 0 Å².